The van der Waals surface area contributed by atoms with E-state index in [1.807, 2.05) is 6.07 Å². The number of carbonyl (C=O) groups is 1. The van der Waals surface area contributed by atoms with Crippen molar-refractivity contribution in [1.82, 2.24) is 0 Å². The summed E-state index contributed by atoms with van der Waals surface area (Å²) in [5.41, 5.74) is 1.30. The lowest BCUT2D eigenvalue weighted by Crippen LogP contribution is -2.25. The van der Waals surface area contributed by atoms with Gasteiger partial charge in [-0.1, -0.05) is 70.0 Å². The maximum atomic E-state index is 12.1. The molecule has 2 atom stereocenters. The van der Waals surface area contributed by atoms with E-state index in [-0.39, 0.29) is 5.78 Å². The number of benzene rings is 2. The number of aliphatic hydroxyl groups excluding tert-OH is 1. The lowest BCUT2D eigenvalue weighted by atomic mass is 10.00. The Morgan fingerprint density at radius 3 is 2.21 bits per heavy atom. The average molecular weight is 340 g/mol. The molecule has 0 aromatic heterocycles. The van der Waals surface area contributed by atoms with E-state index in [1.54, 1.807) is 48.5 Å². The van der Waals surface area contributed by atoms with Crippen LogP contribution in [0.4, 0.5) is 0 Å². The van der Waals surface area contributed by atoms with Gasteiger partial charge < -0.3 is 5.11 Å². The smallest absolute Gasteiger partial charge is 0.192 e. The second-order valence-corrected chi connectivity index (χ2v) is 5.55. The van der Waals surface area contributed by atoms with E-state index in [4.69, 9.17) is 11.6 Å². The highest BCUT2D eigenvalue weighted by Gasteiger charge is 2.26. The van der Waals surface area contributed by atoms with Gasteiger partial charge in [-0.15, -0.1) is 0 Å². The third kappa shape index (κ3) is 3.44. The standard InChI is InChI=1S/C15H12BrClO2/c16-13(10-6-8-12(17)9-7-10)15(19)14(18)11-4-2-1-3-5-11/h1-9,13,15,19H/t13-,15+/m0/s1. The first-order valence-electron chi connectivity index (χ1n) is 5.76. The maximum absolute atomic E-state index is 12.1. The van der Waals surface area contributed by atoms with Crippen LogP contribution >= 0.6 is 27.5 Å². The normalized spacial score (nSPS) is 13.8. The predicted molar refractivity (Wildman–Crippen MR) is 79.9 cm³/mol. The maximum Gasteiger partial charge on any atom is 0.192 e. The highest BCUT2D eigenvalue weighted by atomic mass is 79.9. The van der Waals surface area contributed by atoms with Crippen LogP contribution in [0.15, 0.2) is 54.6 Å². The molecule has 0 saturated carbocycles. The van der Waals surface area contributed by atoms with Crippen LogP contribution in [0.3, 0.4) is 0 Å². The third-order valence-corrected chi connectivity index (χ3v) is 4.07. The van der Waals surface area contributed by atoms with Gasteiger partial charge in [0.05, 0.1) is 4.83 Å². The zero-order valence-corrected chi connectivity index (χ0v) is 12.3. The van der Waals surface area contributed by atoms with Gasteiger partial charge in [-0.2, -0.15) is 0 Å². The van der Waals surface area contributed by atoms with Gasteiger partial charge in [0.1, 0.15) is 6.10 Å². The van der Waals surface area contributed by atoms with Crippen LogP contribution in [0, 0.1) is 0 Å². The van der Waals surface area contributed by atoms with E-state index in [1.165, 1.54) is 0 Å². The monoisotopic (exact) mass is 338 g/mol. The van der Waals surface area contributed by atoms with Crippen LogP contribution in [0.5, 0.6) is 0 Å². The Morgan fingerprint density at radius 2 is 1.63 bits per heavy atom. The van der Waals surface area contributed by atoms with Crippen molar-refractivity contribution >= 4 is 33.3 Å². The Hall–Kier alpha value is -1.16. The molecule has 0 amide bonds. The van der Waals surface area contributed by atoms with Gasteiger partial charge in [-0.3, -0.25) is 4.79 Å². The largest absolute Gasteiger partial charge is 0.383 e. The summed E-state index contributed by atoms with van der Waals surface area (Å²) in [7, 11) is 0. The van der Waals surface area contributed by atoms with E-state index in [2.05, 4.69) is 15.9 Å². The number of aliphatic hydroxyl groups is 1. The summed E-state index contributed by atoms with van der Waals surface area (Å²) in [6.45, 7) is 0. The molecule has 0 fully saturated rings. The van der Waals surface area contributed by atoms with Crippen LogP contribution in [0.25, 0.3) is 0 Å². The zero-order chi connectivity index (χ0) is 13.8. The minimum absolute atomic E-state index is 0.308. The van der Waals surface area contributed by atoms with Crippen molar-refractivity contribution in [2.24, 2.45) is 0 Å². The van der Waals surface area contributed by atoms with Crippen LogP contribution < -0.4 is 0 Å². The average Bonchev–Trinajstić information content (AvgIpc) is 2.46. The summed E-state index contributed by atoms with van der Waals surface area (Å²) in [5.74, 6) is -0.308. The molecular weight excluding hydrogens is 328 g/mol. The summed E-state index contributed by atoms with van der Waals surface area (Å²) < 4.78 is 0. The second kappa shape index (κ2) is 6.33. The van der Waals surface area contributed by atoms with Gasteiger partial charge in [0, 0.05) is 10.6 Å². The molecule has 0 saturated heterocycles. The molecule has 2 nitrogen and oxygen atoms in total. The van der Waals surface area contributed by atoms with E-state index in [0.717, 1.165) is 5.56 Å². The number of alkyl halides is 1. The van der Waals surface area contributed by atoms with Crippen molar-refractivity contribution in [3.05, 3.63) is 70.7 Å². The topological polar surface area (TPSA) is 37.3 Å². The molecule has 0 aliphatic heterocycles. The lowest BCUT2D eigenvalue weighted by Gasteiger charge is -2.16. The fourth-order valence-corrected chi connectivity index (χ4v) is 2.41. The summed E-state index contributed by atoms with van der Waals surface area (Å²) >= 11 is 9.17. The molecule has 0 spiro atoms. The number of halogens is 2. The Kier molecular flexibility index (Phi) is 4.75. The molecule has 0 radical (unpaired) electrons. The van der Waals surface area contributed by atoms with Crippen molar-refractivity contribution in [2.75, 3.05) is 0 Å². The third-order valence-electron chi connectivity index (χ3n) is 2.79. The first kappa shape index (κ1) is 14.3. The molecule has 2 aromatic carbocycles. The number of rotatable bonds is 4. The first-order valence-corrected chi connectivity index (χ1v) is 7.06. The van der Waals surface area contributed by atoms with Gasteiger partial charge in [0.25, 0.3) is 0 Å². The molecule has 0 aliphatic rings. The first-order chi connectivity index (χ1) is 9.09. The van der Waals surface area contributed by atoms with Gasteiger partial charge in [-0.05, 0) is 17.7 Å². The molecule has 98 valence electrons. The number of hydrogen-bond acceptors (Lipinski definition) is 2. The molecule has 2 rings (SSSR count). The molecule has 19 heavy (non-hydrogen) atoms. The van der Waals surface area contributed by atoms with Gasteiger partial charge >= 0.3 is 0 Å². The SMILES string of the molecule is O=C(c1ccccc1)[C@H](O)[C@@H](Br)c1ccc(Cl)cc1. The van der Waals surface area contributed by atoms with E-state index < -0.39 is 10.9 Å². The Balaban J connectivity index is 2.17. The number of Topliss-reactive ketones (excluding diaryl/α,β-unsaturated/α-hetero) is 1. The minimum atomic E-state index is -1.14. The van der Waals surface area contributed by atoms with Gasteiger partial charge in [-0.25, -0.2) is 0 Å². The molecule has 1 N–H and O–H groups in total. The number of carbonyl (C=O) groups excluding carboxylic acids is 1. The van der Waals surface area contributed by atoms with Crippen molar-refractivity contribution in [2.45, 2.75) is 10.9 Å². The lowest BCUT2D eigenvalue weighted by molar-refractivity contribution is 0.0746. The van der Waals surface area contributed by atoms with Crippen molar-refractivity contribution in [3.8, 4) is 0 Å². The van der Waals surface area contributed by atoms with Crippen LogP contribution in [-0.2, 0) is 0 Å². The zero-order valence-electron chi connectivity index (χ0n) is 9.96. The fraction of sp³-hybridized carbons (Fsp3) is 0.133. The Bertz CT molecular complexity index is 554. The van der Waals surface area contributed by atoms with Gasteiger partial charge in [0.2, 0.25) is 0 Å². The predicted octanol–water partition coefficient (Wildman–Crippen LogP) is 4.02. The van der Waals surface area contributed by atoms with Crippen molar-refractivity contribution in [1.29, 1.82) is 0 Å². The van der Waals surface area contributed by atoms with E-state index in [0.29, 0.717) is 10.6 Å². The number of hydrogen-bond donors (Lipinski definition) is 1. The number of ketones is 1. The summed E-state index contributed by atoms with van der Waals surface area (Å²) in [6.07, 6.45) is -1.14. The van der Waals surface area contributed by atoms with E-state index >= 15 is 0 Å². The Morgan fingerprint density at radius 1 is 1.05 bits per heavy atom. The molecule has 2 aromatic rings. The summed E-state index contributed by atoms with van der Waals surface area (Å²) in [5, 5.41) is 10.8. The summed E-state index contributed by atoms with van der Waals surface area (Å²) in [4.78, 5) is 11.7. The molecule has 0 heterocycles. The molecule has 0 unspecified atom stereocenters. The van der Waals surface area contributed by atoms with Crippen molar-refractivity contribution in [3.63, 3.8) is 0 Å². The minimum Gasteiger partial charge on any atom is -0.383 e. The molecule has 0 aliphatic carbocycles. The van der Waals surface area contributed by atoms with E-state index in [9.17, 15) is 9.90 Å². The molecule has 0 bridgehead atoms. The molecular formula is C15H12BrClO2. The highest BCUT2D eigenvalue weighted by Crippen LogP contribution is 2.29. The fourth-order valence-electron chi connectivity index (χ4n) is 1.74. The van der Waals surface area contributed by atoms with Crippen LogP contribution in [0.1, 0.15) is 20.7 Å². The van der Waals surface area contributed by atoms with Gasteiger partial charge in [0.15, 0.2) is 5.78 Å². The quantitative estimate of drug-likeness (QED) is 0.675. The highest BCUT2D eigenvalue weighted by molar-refractivity contribution is 9.09. The van der Waals surface area contributed by atoms with Crippen LogP contribution in [0.2, 0.25) is 5.02 Å². The summed E-state index contributed by atoms with van der Waals surface area (Å²) in [6, 6.07) is 15.8. The second-order valence-electron chi connectivity index (χ2n) is 4.13. The van der Waals surface area contributed by atoms with Crippen LogP contribution in [-0.4, -0.2) is 17.0 Å². The molecule has 4 heteroatoms. The van der Waals surface area contributed by atoms with Crippen molar-refractivity contribution < 1.29 is 9.90 Å². The Labute approximate surface area is 125 Å².